The van der Waals surface area contributed by atoms with Gasteiger partial charge in [-0.25, -0.2) is 4.39 Å². The largest absolute Gasteiger partial charge is 0.293 e. The molecule has 2 nitrogen and oxygen atoms in total. The van der Waals surface area contributed by atoms with Crippen LogP contribution in [0.5, 0.6) is 0 Å². The lowest BCUT2D eigenvalue weighted by Gasteiger charge is -2.31. The number of carbonyl (C=O) groups is 1. The normalized spacial score (nSPS) is 27.2. The van der Waals surface area contributed by atoms with Crippen LogP contribution in [-0.4, -0.2) is 29.8 Å². The fourth-order valence-electron chi connectivity index (χ4n) is 3.64. The van der Waals surface area contributed by atoms with Gasteiger partial charge in [-0.2, -0.15) is 0 Å². The van der Waals surface area contributed by atoms with Crippen molar-refractivity contribution in [2.75, 3.05) is 13.1 Å². The van der Waals surface area contributed by atoms with Crippen LogP contribution in [0.3, 0.4) is 0 Å². The van der Waals surface area contributed by atoms with Crippen LogP contribution in [0.1, 0.15) is 42.5 Å². The molecule has 0 aromatic heterocycles. The summed E-state index contributed by atoms with van der Waals surface area (Å²) in [5.41, 5.74) is 0.499. The van der Waals surface area contributed by atoms with Crippen LogP contribution in [0.15, 0.2) is 24.3 Å². The first-order valence-electron chi connectivity index (χ1n) is 7.27. The maximum absolute atomic E-state index is 13.1. The van der Waals surface area contributed by atoms with E-state index in [9.17, 15) is 9.18 Å². The Hall–Kier alpha value is -1.22. The summed E-state index contributed by atoms with van der Waals surface area (Å²) in [5, 5.41) is 0. The lowest BCUT2D eigenvalue weighted by molar-refractivity contribution is 0.0895. The highest BCUT2D eigenvalue weighted by Gasteiger charge is 2.36. The number of benzene rings is 1. The van der Waals surface area contributed by atoms with Gasteiger partial charge in [0.1, 0.15) is 5.82 Å². The van der Waals surface area contributed by atoms with Crippen molar-refractivity contribution in [2.45, 2.75) is 38.1 Å². The lowest BCUT2D eigenvalue weighted by Crippen LogP contribution is -2.38. The molecule has 1 aromatic carbocycles. The summed E-state index contributed by atoms with van der Waals surface area (Å²) >= 11 is 0. The summed E-state index contributed by atoms with van der Waals surface area (Å²) < 4.78 is 13.1. The van der Waals surface area contributed by atoms with Gasteiger partial charge in [-0.05, 0) is 43.9 Å². The summed E-state index contributed by atoms with van der Waals surface area (Å²) in [5.74, 6) is 0.502. The van der Waals surface area contributed by atoms with Gasteiger partial charge in [-0.1, -0.05) is 25.0 Å². The van der Waals surface area contributed by atoms with Gasteiger partial charge in [0.15, 0.2) is 5.78 Å². The maximum atomic E-state index is 13.1. The fraction of sp³-hybridized carbons (Fsp3) is 0.562. The first-order valence-corrected chi connectivity index (χ1v) is 7.27. The molecule has 1 aromatic rings. The van der Waals surface area contributed by atoms with Crippen LogP contribution in [-0.2, 0) is 0 Å². The zero-order valence-electron chi connectivity index (χ0n) is 11.1. The molecule has 1 aliphatic carbocycles. The van der Waals surface area contributed by atoms with Crippen molar-refractivity contribution in [1.29, 1.82) is 0 Å². The average Bonchev–Trinajstić information content (AvgIpc) is 2.82. The fourth-order valence-corrected chi connectivity index (χ4v) is 3.64. The van der Waals surface area contributed by atoms with Gasteiger partial charge in [0.2, 0.25) is 0 Å². The van der Waals surface area contributed by atoms with Crippen molar-refractivity contribution >= 4 is 5.78 Å². The Labute approximate surface area is 113 Å². The molecule has 1 heterocycles. The standard InChI is InChI=1S/C16H20FNO/c17-14-6-3-5-13(10-14)16(19)11-18-9-8-12-4-1-2-7-15(12)18/h3,5-6,10,12,15H,1-2,4,7-9,11H2. The molecule has 19 heavy (non-hydrogen) atoms. The molecule has 0 bridgehead atoms. The predicted molar refractivity (Wildman–Crippen MR) is 72.7 cm³/mol. The van der Waals surface area contributed by atoms with Crippen LogP contribution in [0, 0.1) is 11.7 Å². The number of carbonyl (C=O) groups excluding carboxylic acids is 1. The molecular formula is C16H20FNO. The number of halogens is 1. The highest BCUT2D eigenvalue weighted by molar-refractivity contribution is 5.97. The van der Waals surface area contributed by atoms with Crippen LogP contribution < -0.4 is 0 Å². The van der Waals surface area contributed by atoms with Crippen LogP contribution in [0.2, 0.25) is 0 Å². The Morgan fingerprint density at radius 3 is 2.95 bits per heavy atom. The van der Waals surface area contributed by atoms with E-state index in [4.69, 9.17) is 0 Å². The second kappa shape index (κ2) is 5.41. The minimum Gasteiger partial charge on any atom is -0.293 e. The topological polar surface area (TPSA) is 20.3 Å². The smallest absolute Gasteiger partial charge is 0.176 e. The van der Waals surface area contributed by atoms with E-state index in [1.165, 1.54) is 44.2 Å². The van der Waals surface area contributed by atoms with Crippen molar-refractivity contribution in [3.8, 4) is 0 Å². The van der Waals surface area contributed by atoms with E-state index in [1.807, 2.05) is 0 Å². The number of Topliss-reactive ketones (excluding diaryl/α,β-unsaturated/α-hetero) is 1. The van der Waals surface area contributed by atoms with Crippen molar-refractivity contribution < 1.29 is 9.18 Å². The third-order valence-electron chi connectivity index (χ3n) is 4.62. The minimum absolute atomic E-state index is 0.0470. The molecule has 2 atom stereocenters. The molecule has 1 saturated carbocycles. The van der Waals surface area contributed by atoms with Gasteiger partial charge in [-0.3, -0.25) is 9.69 Å². The Kier molecular flexibility index (Phi) is 3.65. The van der Waals surface area contributed by atoms with Gasteiger partial charge in [-0.15, -0.1) is 0 Å². The van der Waals surface area contributed by atoms with Crippen LogP contribution >= 0.6 is 0 Å². The van der Waals surface area contributed by atoms with Gasteiger partial charge >= 0.3 is 0 Å². The Bertz CT molecular complexity index is 474. The molecule has 2 aliphatic rings. The van der Waals surface area contributed by atoms with E-state index >= 15 is 0 Å². The first-order chi connectivity index (χ1) is 9.24. The number of nitrogens with zero attached hydrogens (tertiary/aromatic N) is 1. The van der Waals surface area contributed by atoms with Gasteiger partial charge in [0, 0.05) is 11.6 Å². The molecule has 1 aliphatic heterocycles. The van der Waals surface area contributed by atoms with E-state index in [-0.39, 0.29) is 11.6 Å². The maximum Gasteiger partial charge on any atom is 0.176 e. The minimum atomic E-state index is -0.331. The van der Waals surface area contributed by atoms with Gasteiger partial charge in [0.25, 0.3) is 0 Å². The third kappa shape index (κ3) is 2.71. The Morgan fingerprint density at radius 1 is 1.26 bits per heavy atom. The van der Waals surface area contributed by atoms with E-state index in [1.54, 1.807) is 12.1 Å². The SMILES string of the molecule is O=C(CN1CCC2CCCCC21)c1cccc(F)c1. The predicted octanol–water partition coefficient (Wildman–Crippen LogP) is 3.27. The van der Waals surface area contributed by atoms with Crippen molar-refractivity contribution in [1.82, 2.24) is 4.90 Å². The number of hydrogen-bond acceptors (Lipinski definition) is 2. The van der Waals surface area contributed by atoms with Crippen molar-refractivity contribution in [2.24, 2.45) is 5.92 Å². The monoisotopic (exact) mass is 261 g/mol. The second-order valence-electron chi connectivity index (χ2n) is 5.80. The summed E-state index contributed by atoms with van der Waals surface area (Å²) in [6.45, 7) is 1.47. The Balaban J connectivity index is 1.66. The average molecular weight is 261 g/mol. The van der Waals surface area contributed by atoms with E-state index in [0.29, 0.717) is 18.2 Å². The zero-order chi connectivity index (χ0) is 13.2. The molecule has 2 unspecified atom stereocenters. The molecule has 3 heteroatoms. The Morgan fingerprint density at radius 2 is 2.11 bits per heavy atom. The van der Waals surface area contributed by atoms with Gasteiger partial charge in [0.05, 0.1) is 6.54 Å². The molecule has 0 amide bonds. The van der Waals surface area contributed by atoms with E-state index in [0.717, 1.165) is 12.5 Å². The highest BCUT2D eigenvalue weighted by atomic mass is 19.1. The third-order valence-corrected chi connectivity index (χ3v) is 4.62. The molecule has 0 spiro atoms. The molecule has 0 N–H and O–H groups in total. The summed E-state index contributed by atoms with van der Waals surface area (Å²) in [6, 6.07) is 6.63. The van der Waals surface area contributed by atoms with E-state index in [2.05, 4.69) is 4.90 Å². The molecule has 102 valence electrons. The lowest BCUT2D eigenvalue weighted by atomic mass is 9.85. The van der Waals surface area contributed by atoms with E-state index < -0.39 is 0 Å². The highest BCUT2D eigenvalue weighted by Crippen LogP contribution is 2.35. The van der Waals surface area contributed by atoms with Crippen LogP contribution in [0.4, 0.5) is 4.39 Å². The van der Waals surface area contributed by atoms with Crippen molar-refractivity contribution in [3.05, 3.63) is 35.6 Å². The molecular weight excluding hydrogens is 241 g/mol. The van der Waals surface area contributed by atoms with Gasteiger partial charge < -0.3 is 0 Å². The molecule has 3 rings (SSSR count). The first kappa shape index (κ1) is 12.8. The van der Waals surface area contributed by atoms with Crippen molar-refractivity contribution in [3.63, 3.8) is 0 Å². The second-order valence-corrected chi connectivity index (χ2v) is 5.80. The summed E-state index contributed by atoms with van der Waals surface area (Å²) in [7, 11) is 0. The quantitative estimate of drug-likeness (QED) is 0.778. The summed E-state index contributed by atoms with van der Waals surface area (Å²) in [6.07, 6.45) is 6.39. The number of rotatable bonds is 3. The molecule has 2 fully saturated rings. The van der Waals surface area contributed by atoms with Crippen LogP contribution in [0.25, 0.3) is 0 Å². The zero-order valence-corrected chi connectivity index (χ0v) is 11.1. The summed E-state index contributed by atoms with van der Waals surface area (Å²) in [4.78, 5) is 14.5. The molecule has 1 saturated heterocycles. The molecule has 0 radical (unpaired) electrons. The number of ketones is 1. The number of likely N-dealkylation sites (tertiary alicyclic amines) is 1. The number of hydrogen-bond donors (Lipinski definition) is 0. The number of fused-ring (bicyclic) bond motifs is 1.